The monoisotopic (exact) mass is 303 g/mol. The van der Waals surface area contributed by atoms with Crippen molar-refractivity contribution >= 4 is 29.2 Å². The summed E-state index contributed by atoms with van der Waals surface area (Å²) in [5.41, 5.74) is 1.11. The van der Waals surface area contributed by atoms with E-state index in [9.17, 15) is 0 Å². The third kappa shape index (κ3) is 2.66. The van der Waals surface area contributed by atoms with Crippen LogP contribution < -0.4 is 4.90 Å². The minimum Gasteiger partial charge on any atom is -0.408 e. The second-order valence-electron chi connectivity index (χ2n) is 4.32. The van der Waals surface area contributed by atoms with Crippen LogP contribution in [0.2, 0.25) is 0 Å². The molecule has 1 aromatic carbocycles. The highest BCUT2D eigenvalue weighted by Gasteiger charge is 2.10. The van der Waals surface area contributed by atoms with Crippen molar-refractivity contribution in [1.82, 2.24) is 9.78 Å². The van der Waals surface area contributed by atoms with E-state index in [1.165, 1.54) is 0 Å². The highest BCUT2D eigenvalue weighted by Crippen LogP contribution is 2.23. The van der Waals surface area contributed by atoms with Gasteiger partial charge in [0, 0.05) is 12.7 Å². The lowest BCUT2D eigenvalue weighted by molar-refractivity contribution is 0.510. The molecule has 102 valence electrons. The summed E-state index contributed by atoms with van der Waals surface area (Å²) in [5, 5.41) is 6.42. The second kappa shape index (κ2) is 5.60. The molecule has 3 rings (SSSR count). The Hall–Kier alpha value is -1.92. The van der Waals surface area contributed by atoms with Crippen molar-refractivity contribution in [1.29, 1.82) is 0 Å². The minimum absolute atomic E-state index is 0.385. The van der Waals surface area contributed by atoms with E-state index in [1.807, 2.05) is 54.9 Å². The molecule has 0 N–H and O–H groups in total. The number of para-hydroxylation sites is 1. The molecule has 2 heterocycles. The molecule has 0 saturated heterocycles. The predicted molar refractivity (Wildman–Crippen MR) is 83.5 cm³/mol. The van der Waals surface area contributed by atoms with E-state index in [2.05, 4.69) is 10.00 Å². The van der Waals surface area contributed by atoms with Crippen LogP contribution >= 0.6 is 23.6 Å². The van der Waals surface area contributed by atoms with E-state index in [-0.39, 0.29) is 0 Å². The molecule has 0 saturated carbocycles. The first-order valence-electron chi connectivity index (χ1n) is 6.12. The fourth-order valence-corrected chi connectivity index (χ4v) is 2.68. The Balaban J connectivity index is 1.83. The number of hydrogen-bond donors (Lipinski definition) is 0. The lowest BCUT2D eigenvalue weighted by Crippen LogP contribution is -2.22. The number of nitrogens with zero attached hydrogens (tertiary/aromatic N) is 3. The maximum absolute atomic E-state index is 5.55. The van der Waals surface area contributed by atoms with Crippen molar-refractivity contribution in [2.75, 3.05) is 11.9 Å². The van der Waals surface area contributed by atoms with Gasteiger partial charge < -0.3 is 9.32 Å². The predicted octanol–water partition coefficient (Wildman–Crippen LogP) is 4.03. The van der Waals surface area contributed by atoms with Crippen LogP contribution in [0.5, 0.6) is 0 Å². The number of anilines is 1. The third-order valence-electron chi connectivity index (χ3n) is 2.88. The molecule has 0 aliphatic carbocycles. The van der Waals surface area contributed by atoms with Crippen LogP contribution in [0.25, 0.3) is 10.8 Å². The molecule has 2 aromatic heterocycles. The Morgan fingerprint density at radius 2 is 2.05 bits per heavy atom. The van der Waals surface area contributed by atoms with E-state index in [1.54, 1.807) is 16.0 Å². The van der Waals surface area contributed by atoms with E-state index in [0.717, 1.165) is 10.6 Å². The van der Waals surface area contributed by atoms with Gasteiger partial charge in [0.15, 0.2) is 0 Å². The van der Waals surface area contributed by atoms with Gasteiger partial charge in [-0.05, 0) is 35.8 Å². The summed E-state index contributed by atoms with van der Waals surface area (Å²) in [6, 6.07) is 14.0. The minimum atomic E-state index is 0.385. The van der Waals surface area contributed by atoms with Crippen LogP contribution in [0.1, 0.15) is 0 Å². The topological polar surface area (TPSA) is 34.2 Å². The normalized spacial score (nSPS) is 10.7. The molecular weight excluding hydrogens is 290 g/mol. The molecule has 6 heteroatoms. The highest BCUT2D eigenvalue weighted by molar-refractivity contribution is 7.71. The van der Waals surface area contributed by atoms with Crippen molar-refractivity contribution in [2.24, 2.45) is 0 Å². The van der Waals surface area contributed by atoms with Gasteiger partial charge in [0.25, 0.3) is 10.7 Å². The van der Waals surface area contributed by atoms with Gasteiger partial charge in [-0.25, -0.2) is 4.68 Å². The van der Waals surface area contributed by atoms with E-state index in [0.29, 0.717) is 17.4 Å². The fourth-order valence-electron chi connectivity index (χ4n) is 1.86. The van der Waals surface area contributed by atoms with E-state index < -0.39 is 0 Å². The van der Waals surface area contributed by atoms with Crippen LogP contribution in [0.4, 0.5) is 5.69 Å². The molecule has 0 fully saturated rings. The van der Waals surface area contributed by atoms with Gasteiger partial charge in [0.05, 0.1) is 4.88 Å². The number of aromatic nitrogens is 2. The van der Waals surface area contributed by atoms with E-state index in [4.69, 9.17) is 16.6 Å². The lowest BCUT2D eigenvalue weighted by Gasteiger charge is -2.18. The molecule has 0 aliphatic rings. The molecular formula is C14H13N3OS2. The van der Waals surface area contributed by atoms with Gasteiger partial charge >= 0.3 is 0 Å². The number of rotatable bonds is 4. The zero-order valence-electron chi connectivity index (χ0n) is 10.9. The van der Waals surface area contributed by atoms with Gasteiger partial charge in [0.1, 0.15) is 6.67 Å². The smallest absolute Gasteiger partial charge is 0.289 e. The van der Waals surface area contributed by atoms with Crippen LogP contribution in [0.3, 0.4) is 0 Å². The maximum Gasteiger partial charge on any atom is 0.289 e. The third-order valence-corrected chi connectivity index (χ3v) is 4.03. The first-order valence-corrected chi connectivity index (χ1v) is 7.41. The second-order valence-corrected chi connectivity index (χ2v) is 5.62. The summed E-state index contributed by atoms with van der Waals surface area (Å²) in [6.45, 7) is 0.553. The number of benzene rings is 1. The van der Waals surface area contributed by atoms with Crippen LogP contribution in [-0.2, 0) is 6.67 Å². The molecule has 0 spiro atoms. The molecule has 0 atom stereocenters. The molecule has 0 bridgehead atoms. The summed E-state index contributed by atoms with van der Waals surface area (Å²) in [7, 11) is 2.00. The van der Waals surface area contributed by atoms with Crippen molar-refractivity contribution in [2.45, 2.75) is 6.67 Å². The largest absolute Gasteiger partial charge is 0.408 e. The molecule has 0 aliphatic heterocycles. The molecule has 20 heavy (non-hydrogen) atoms. The maximum atomic E-state index is 5.55. The van der Waals surface area contributed by atoms with Gasteiger partial charge in [-0.15, -0.1) is 16.4 Å². The zero-order chi connectivity index (χ0) is 13.9. The van der Waals surface area contributed by atoms with Gasteiger partial charge in [-0.3, -0.25) is 0 Å². The van der Waals surface area contributed by atoms with Crippen molar-refractivity contribution in [3.8, 4) is 10.8 Å². The molecule has 0 unspecified atom stereocenters. The number of hydrogen-bond acceptors (Lipinski definition) is 5. The van der Waals surface area contributed by atoms with Gasteiger partial charge in [-0.2, -0.15) is 0 Å². The SMILES string of the molecule is CN(Cn1nc(-c2cccs2)oc1=S)c1ccccc1. The van der Waals surface area contributed by atoms with Crippen molar-refractivity contribution in [3.05, 3.63) is 52.7 Å². The van der Waals surface area contributed by atoms with Crippen molar-refractivity contribution in [3.63, 3.8) is 0 Å². The molecule has 4 nitrogen and oxygen atoms in total. The average molecular weight is 303 g/mol. The van der Waals surface area contributed by atoms with Crippen LogP contribution in [0, 0.1) is 4.84 Å². The standard InChI is InChI=1S/C14H13N3OS2/c1-16(11-6-3-2-4-7-11)10-17-14(19)18-13(15-17)12-8-5-9-20-12/h2-9H,10H2,1H3. The van der Waals surface area contributed by atoms with Gasteiger partial charge in [-0.1, -0.05) is 24.3 Å². The summed E-state index contributed by atoms with van der Waals surface area (Å²) < 4.78 is 7.24. The first-order chi connectivity index (χ1) is 9.74. The quantitative estimate of drug-likeness (QED) is 0.682. The Labute approximate surface area is 125 Å². The van der Waals surface area contributed by atoms with Crippen LogP contribution in [0.15, 0.2) is 52.3 Å². The van der Waals surface area contributed by atoms with Gasteiger partial charge in [0.2, 0.25) is 0 Å². The molecule has 0 radical (unpaired) electrons. The summed E-state index contributed by atoms with van der Waals surface area (Å²) in [5.74, 6) is 0.575. The summed E-state index contributed by atoms with van der Waals surface area (Å²) >= 11 is 6.81. The zero-order valence-corrected chi connectivity index (χ0v) is 12.5. The first kappa shape index (κ1) is 13.1. The van der Waals surface area contributed by atoms with Crippen molar-refractivity contribution < 1.29 is 4.42 Å². The molecule has 3 aromatic rings. The average Bonchev–Trinajstić information content (AvgIpc) is 3.10. The Bertz CT molecular complexity index is 731. The fraction of sp³-hybridized carbons (Fsp3) is 0.143. The Kier molecular flexibility index (Phi) is 3.66. The Morgan fingerprint density at radius 1 is 1.25 bits per heavy atom. The number of thiophene rings is 1. The molecule has 0 amide bonds. The highest BCUT2D eigenvalue weighted by atomic mass is 32.1. The van der Waals surface area contributed by atoms with E-state index >= 15 is 0 Å². The van der Waals surface area contributed by atoms with Crippen LogP contribution in [-0.4, -0.2) is 16.8 Å². The summed E-state index contributed by atoms with van der Waals surface area (Å²) in [4.78, 5) is 3.43. The lowest BCUT2D eigenvalue weighted by atomic mass is 10.3. The summed E-state index contributed by atoms with van der Waals surface area (Å²) in [6.07, 6.45) is 0. The Morgan fingerprint density at radius 3 is 2.75 bits per heavy atom.